The van der Waals surface area contributed by atoms with E-state index in [9.17, 15) is 0 Å². The largest absolute Gasteiger partial charge is 0.314 e. The minimum absolute atomic E-state index is 0.773. The zero-order chi connectivity index (χ0) is 10.3. The first-order chi connectivity index (χ1) is 7.45. The van der Waals surface area contributed by atoms with Gasteiger partial charge in [-0.25, -0.2) is 0 Å². The molecule has 2 rings (SSSR count). The van der Waals surface area contributed by atoms with Crippen LogP contribution in [0.25, 0.3) is 0 Å². The van der Waals surface area contributed by atoms with E-state index in [2.05, 4.69) is 15.6 Å². The van der Waals surface area contributed by atoms with Crippen LogP contribution in [0, 0.1) is 0 Å². The summed E-state index contributed by atoms with van der Waals surface area (Å²) in [6, 6.07) is 0.773. The number of aryl methyl sites for hydroxylation is 1. The molecule has 1 heterocycles. The second-order valence-corrected chi connectivity index (χ2v) is 4.31. The van der Waals surface area contributed by atoms with E-state index in [4.69, 9.17) is 0 Å². The Bertz CT molecular complexity index is 252. The lowest BCUT2D eigenvalue weighted by Gasteiger charge is -2.22. The van der Waals surface area contributed by atoms with Crippen molar-refractivity contribution in [3.8, 4) is 0 Å². The molecular formula is C11H20N4. The standard InChI is InChI=1S/C11H20N4/c1-2-5-11(6-3-1)12-7-4-9-15-10-8-13-14-15/h8,10-12H,1-7,9H2. The first-order valence-electron chi connectivity index (χ1n) is 6.02. The maximum atomic E-state index is 3.94. The van der Waals surface area contributed by atoms with Crippen LogP contribution in [0.4, 0.5) is 0 Å². The van der Waals surface area contributed by atoms with Crippen LogP contribution in [0.3, 0.4) is 0 Å². The number of hydrogen-bond acceptors (Lipinski definition) is 3. The average molecular weight is 208 g/mol. The highest BCUT2D eigenvalue weighted by molar-refractivity contribution is 4.71. The van der Waals surface area contributed by atoms with E-state index in [-0.39, 0.29) is 0 Å². The Labute approximate surface area is 91.1 Å². The van der Waals surface area contributed by atoms with E-state index in [0.29, 0.717) is 0 Å². The molecule has 4 heteroatoms. The van der Waals surface area contributed by atoms with E-state index >= 15 is 0 Å². The summed E-state index contributed by atoms with van der Waals surface area (Å²) in [6.45, 7) is 2.07. The van der Waals surface area contributed by atoms with Crippen molar-refractivity contribution < 1.29 is 0 Å². The number of aromatic nitrogens is 3. The molecule has 0 aliphatic heterocycles. The fourth-order valence-corrected chi connectivity index (χ4v) is 2.21. The normalized spacial score (nSPS) is 18.1. The minimum atomic E-state index is 0.773. The Kier molecular flexibility index (Phi) is 4.14. The molecule has 0 saturated heterocycles. The van der Waals surface area contributed by atoms with Crippen LogP contribution >= 0.6 is 0 Å². The van der Waals surface area contributed by atoms with Crippen LogP contribution in [-0.2, 0) is 6.54 Å². The highest BCUT2D eigenvalue weighted by atomic mass is 15.4. The Balaban J connectivity index is 1.54. The lowest BCUT2D eigenvalue weighted by Crippen LogP contribution is -2.32. The molecule has 0 spiro atoms. The molecule has 0 amide bonds. The van der Waals surface area contributed by atoms with Crippen molar-refractivity contribution in [2.45, 2.75) is 51.1 Å². The number of rotatable bonds is 5. The molecule has 1 aromatic rings. The van der Waals surface area contributed by atoms with E-state index < -0.39 is 0 Å². The van der Waals surface area contributed by atoms with Gasteiger partial charge in [0.1, 0.15) is 0 Å². The van der Waals surface area contributed by atoms with Gasteiger partial charge < -0.3 is 5.32 Å². The van der Waals surface area contributed by atoms with Crippen molar-refractivity contribution in [2.24, 2.45) is 0 Å². The summed E-state index contributed by atoms with van der Waals surface area (Å²) in [6.07, 6.45) is 11.8. The lowest BCUT2D eigenvalue weighted by atomic mass is 9.95. The maximum Gasteiger partial charge on any atom is 0.0692 e. The number of nitrogens with one attached hydrogen (secondary N) is 1. The third kappa shape index (κ3) is 3.63. The van der Waals surface area contributed by atoms with Gasteiger partial charge in [-0.1, -0.05) is 24.5 Å². The fourth-order valence-electron chi connectivity index (χ4n) is 2.21. The molecule has 15 heavy (non-hydrogen) atoms. The molecule has 0 atom stereocenters. The first kappa shape index (κ1) is 10.6. The highest BCUT2D eigenvalue weighted by Crippen LogP contribution is 2.17. The van der Waals surface area contributed by atoms with E-state index in [0.717, 1.165) is 25.6 Å². The van der Waals surface area contributed by atoms with Gasteiger partial charge in [-0.3, -0.25) is 4.68 Å². The van der Waals surface area contributed by atoms with Crippen LogP contribution in [0.15, 0.2) is 12.4 Å². The van der Waals surface area contributed by atoms with Gasteiger partial charge in [0.2, 0.25) is 0 Å². The zero-order valence-electron chi connectivity index (χ0n) is 9.23. The molecule has 1 fully saturated rings. The molecule has 0 aromatic carbocycles. The maximum absolute atomic E-state index is 3.94. The molecule has 1 aliphatic rings. The molecule has 1 aromatic heterocycles. The van der Waals surface area contributed by atoms with Crippen molar-refractivity contribution in [1.29, 1.82) is 0 Å². The van der Waals surface area contributed by atoms with Crippen LogP contribution in [0.1, 0.15) is 38.5 Å². The van der Waals surface area contributed by atoms with Gasteiger partial charge in [0.05, 0.1) is 6.20 Å². The number of nitrogens with zero attached hydrogens (tertiary/aromatic N) is 3. The van der Waals surface area contributed by atoms with Gasteiger partial charge in [0, 0.05) is 18.8 Å². The summed E-state index contributed by atoms with van der Waals surface area (Å²) < 4.78 is 1.89. The van der Waals surface area contributed by atoms with Gasteiger partial charge in [-0.05, 0) is 25.8 Å². The lowest BCUT2D eigenvalue weighted by molar-refractivity contribution is 0.367. The van der Waals surface area contributed by atoms with E-state index in [1.54, 1.807) is 6.20 Å². The molecule has 1 aliphatic carbocycles. The molecular weight excluding hydrogens is 188 g/mol. The molecule has 0 unspecified atom stereocenters. The average Bonchev–Trinajstić information content (AvgIpc) is 2.79. The summed E-state index contributed by atoms with van der Waals surface area (Å²) in [7, 11) is 0. The monoisotopic (exact) mass is 208 g/mol. The van der Waals surface area contributed by atoms with Gasteiger partial charge in [0.25, 0.3) is 0 Å². The van der Waals surface area contributed by atoms with Gasteiger partial charge >= 0.3 is 0 Å². The van der Waals surface area contributed by atoms with E-state index in [1.165, 1.54) is 32.1 Å². The third-order valence-electron chi connectivity index (χ3n) is 3.07. The van der Waals surface area contributed by atoms with Crippen molar-refractivity contribution >= 4 is 0 Å². The summed E-state index contributed by atoms with van der Waals surface area (Å²) >= 11 is 0. The second kappa shape index (κ2) is 5.85. The molecule has 84 valence electrons. The first-order valence-corrected chi connectivity index (χ1v) is 6.02. The van der Waals surface area contributed by atoms with Crippen LogP contribution in [0.5, 0.6) is 0 Å². The van der Waals surface area contributed by atoms with Crippen LogP contribution in [0.2, 0.25) is 0 Å². The smallest absolute Gasteiger partial charge is 0.0692 e. The van der Waals surface area contributed by atoms with Crippen molar-refractivity contribution in [3.05, 3.63) is 12.4 Å². The minimum Gasteiger partial charge on any atom is -0.314 e. The molecule has 4 nitrogen and oxygen atoms in total. The zero-order valence-corrected chi connectivity index (χ0v) is 9.23. The Hall–Kier alpha value is -0.900. The quantitative estimate of drug-likeness (QED) is 0.747. The Morgan fingerprint density at radius 2 is 2.13 bits per heavy atom. The van der Waals surface area contributed by atoms with Crippen LogP contribution < -0.4 is 5.32 Å². The van der Waals surface area contributed by atoms with Crippen molar-refractivity contribution in [2.75, 3.05) is 6.54 Å². The molecule has 1 saturated carbocycles. The Morgan fingerprint density at radius 1 is 1.27 bits per heavy atom. The number of hydrogen-bond donors (Lipinski definition) is 1. The predicted octanol–water partition coefficient (Wildman–Crippen LogP) is 1.59. The van der Waals surface area contributed by atoms with Crippen molar-refractivity contribution in [3.63, 3.8) is 0 Å². The van der Waals surface area contributed by atoms with Crippen LogP contribution in [-0.4, -0.2) is 27.6 Å². The fraction of sp³-hybridized carbons (Fsp3) is 0.818. The Morgan fingerprint density at radius 3 is 2.87 bits per heavy atom. The van der Waals surface area contributed by atoms with Gasteiger partial charge in [-0.15, -0.1) is 5.10 Å². The summed E-state index contributed by atoms with van der Waals surface area (Å²) in [5.74, 6) is 0. The second-order valence-electron chi connectivity index (χ2n) is 4.31. The van der Waals surface area contributed by atoms with Gasteiger partial charge in [0.15, 0.2) is 0 Å². The predicted molar refractivity (Wildman–Crippen MR) is 59.5 cm³/mol. The molecule has 0 radical (unpaired) electrons. The van der Waals surface area contributed by atoms with Crippen molar-refractivity contribution in [1.82, 2.24) is 20.3 Å². The molecule has 1 N–H and O–H groups in total. The highest BCUT2D eigenvalue weighted by Gasteiger charge is 2.11. The van der Waals surface area contributed by atoms with E-state index in [1.807, 2.05) is 10.9 Å². The molecule has 0 bridgehead atoms. The summed E-state index contributed by atoms with van der Waals surface area (Å²) in [5, 5.41) is 11.3. The summed E-state index contributed by atoms with van der Waals surface area (Å²) in [5.41, 5.74) is 0. The SMILES string of the molecule is c1cn(CCCNC2CCCCC2)nn1. The topological polar surface area (TPSA) is 42.7 Å². The third-order valence-corrected chi connectivity index (χ3v) is 3.07. The summed E-state index contributed by atoms with van der Waals surface area (Å²) in [4.78, 5) is 0. The van der Waals surface area contributed by atoms with Gasteiger partial charge in [-0.2, -0.15) is 0 Å².